The second-order valence-electron chi connectivity index (χ2n) is 1.91. The van der Waals surface area contributed by atoms with Crippen LogP contribution in [0.15, 0.2) is 0 Å². The summed E-state index contributed by atoms with van der Waals surface area (Å²) in [7, 11) is 2.15. The highest BCUT2D eigenvalue weighted by Crippen LogP contribution is 2.17. The molecule has 1 atom stereocenters. The highest BCUT2D eigenvalue weighted by molar-refractivity contribution is 7.86. The molecule has 0 amide bonds. The number of thiol groups is 2. The normalized spacial score (nSPS) is 15.0. The molecule has 6 heteroatoms. The Labute approximate surface area is 79.6 Å². The first-order valence-electron chi connectivity index (χ1n) is 3.11. The molecule has 68 valence electrons. The van der Waals surface area contributed by atoms with E-state index >= 15 is 0 Å². The Bertz CT molecular complexity index is 102. The van der Waals surface area contributed by atoms with E-state index in [1.807, 2.05) is 0 Å². The average Bonchev–Trinajstić information content (AvgIpc) is 2.08. The highest BCUT2D eigenvalue weighted by atomic mass is 32.1. The Morgan fingerprint density at radius 2 is 1.55 bits per heavy atom. The van der Waals surface area contributed by atoms with Crippen molar-refractivity contribution >= 4 is 34.1 Å². The van der Waals surface area contributed by atoms with Gasteiger partial charge in [0.15, 0.2) is 0 Å². The molecule has 0 heterocycles. The van der Waals surface area contributed by atoms with Crippen LogP contribution in [0.2, 0.25) is 0 Å². The first-order valence-corrected chi connectivity index (χ1v) is 6.06. The van der Waals surface area contributed by atoms with Crippen molar-refractivity contribution in [1.29, 1.82) is 0 Å². The highest BCUT2D eigenvalue weighted by Gasteiger charge is 2.44. The minimum Gasteiger partial charge on any atom is -0.376 e. The van der Waals surface area contributed by atoms with Gasteiger partial charge in [-0.15, -0.1) is 0 Å². The summed E-state index contributed by atoms with van der Waals surface area (Å²) in [4.78, 5) is -0.0779. The lowest BCUT2D eigenvalue weighted by Gasteiger charge is -2.28. The molecule has 0 bridgehead atoms. The molecular formula is C5H14O3S2Si. The summed E-state index contributed by atoms with van der Waals surface area (Å²) in [5.74, 6) is 0.574. The molecule has 0 rings (SSSR count). The maximum Gasteiger partial charge on any atom is 0.514 e. The average molecular weight is 214 g/mol. The van der Waals surface area contributed by atoms with Gasteiger partial charge < -0.3 is 13.3 Å². The van der Waals surface area contributed by atoms with Gasteiger partial charge in [-0.3, -0.25) is 0 Å². The standard InChI is InChI=1S/C5H14O3S2Si/c1-6-11(7-2,8-3)5(10)4-9/h5,9-10H,4H2,1-3H3. The van der Waals surface area contributed by atoms with Crippen LogP contribution >= 0.6 is 25.3 Å². The molecule has 0 spiro atoms. The minimum absolute atomic E-state index is 0.0779. The Hall–Kier alpha value is 0.797. The van der Waals surface area contributed by atoms with Gasteiger partial charge in [-0.05, 0) is 0 Å². The summed E-state index contributed by atoms with van der Waals surface area (Å²) >= 11 is 8.35. The lowest BCUT2D eigenvalue weighted by atomic mass is 10.9. The molecule has 0 aromatic rings. The van der Waals surface area contributed by atoms with Gasteiger partial charge in [0, 0.05) is 27.1 Å². The van der Waals surface area contributed by atoms with Gasteiger partial charge in [-0.2, -0.15) is 25.3 Å². The van der Waals surface area contributed by atoms with Gasteiger partial charge >= 0.3 is 8.80 Å². The van der Waals surface area contributed by atoms with Gasteiger partial charge in [-0.25, -0.2) is 0 Å². The number of rotatable bonds is 5. The molecule has 0 radical (unpaired) electrons. The molecule has 0 aliphatic heterocycles. The number of hydrogen-bond acceptors (Lipinski definition) is 5. The van der Waals surface area contributed by atoms with Gasteiger partial charge in [0.25, 0.3) is 0 Å². The fourth-order valence-corrected chi connectivity index (χ4v) is 3.93. The van der Waals surface area contributed by atoms with Crippen molar-refractivity contribution in [3.05, 3.63) is 0 Å². The van der Waals surface area contributed by atoms with Crippen molar-refractivity contribution in [3.63, 3.8) is 0 Å². The van der Waals surface area contributed by atoms with Crippen molar-refractivity contribution < 1.29 is 13.3 Å². The van der Waals surface area contributed by atoms with Crippen LogP contribution in [0.3, 0.4) is 0 Å². The zero-order chi connectivity index (χ0) is 8.91. The Kier molecular flexibility index (Phi) is 5.84. The van der Waals surface area contributed by atoms with Crippen molar-refractivity contribution in [2.24, 2.45) is 0 Å². The summed E-state index contributed by atoms with van der Waals surface area (Å²) in [5, 5.41) is 0. The third-order valence-corrected chi connectivity index (χ3v) is 6.29. The fourth-order valence-electron chi connectivity index (χ4n) is 0.770. The summed E-state index contributed by atoms with van der Waals surface area (Å²) < 4.78 is 15.5. The molecule has 0 fully saturated rings. The summed E-state index contributed by atoms with van der Waals surface area (Å²) in [5.41, 5.74) is 0. The van der Waals surface area contributed by atoms with E-state index in [2.05, 4.69) is 25.3 Å². The van der Waals surface area contributed by atoms with Crippen LogP contribution in [-0.2, 0) is 13.3 Å². The van der Waals surface area contributed by atoms with Crippen LogP contribution < -0.4 is 0 Å². The van der Waals surface area contributed by atoms with Crippen LogP contribution in [0.5, 0.6) is 0 Å². The lowest BCUT2D eigenvalue weighted by Crippen LogP contribution is -2.52. The maximum atomic E-state index is 5.16. The van der Waals surface area contributed by atoms with E-state index in [1.165, 1.54) is 0 Å². The van der Waals surface area contributed by atoms with Crippen LogP contribution in [-0.4, -0.2) is 40.8 Å². The third-order valence-electron chi connectivity index (χ3n) is 1.43. The third kappa shape index (κ3) is 2.64. The maximum absolute atomic E-state index is 5.16. The molecule has 1 unspecified atom stereocenters. The topological polar surface area (TPSA) is 27.7 Å². The molecule has 0 aromatic heterocycles. The first-order chi connectivity index (χ1) is 5.16. The molecule has 11 heavy (non-hydrogen) atoms. The van der Waals surface area contributed by atoms with Gasteiger partial charge in [0.05, 0.1) is 4.87 Å². The second-order valence-corrected chi connectivity index (χ2v) is 6.52. The Balaban J connectivity index is 4.26. The van der Waals surface area contributed by atoms with Gasteiger partial charge in [0.1, 0.15) is 0 Å². The minimum atomic E-state index is -2.53. The van der Waals surface area contributed by atoms with Gasteiger partial charge in [-0.1, -0.05) is 0 Å². The summed E-state index contributed by atoms with van der Waals surface area (Å²) in [6.07, 6.45) is 0. The fraction of sp³-hybridized carbons (Fsp3) is 1.00. The van der Waals surface area contributed by atoms with E-state index in [4.69, 9.17) is 13.3 Å². The zero-order valence-corrected chi connectivity index (χ0v) is 9.69. The molecule has 3 nitrogen and oxygen atoms in total. The summed E-state index contributed by atoms with van der Waals surface area (Å²) in [6, 6.07) is 0. The summed E-state index contributed by atoms with van der Waals surface area (Å²) in [6.45, 7) is 0. The van der Waals surface area contributed by atoms with Crippen LogP contribution in [0.4, 0.5) is 0 Å². The molecule has 0 aliphatic carbocycles. The molecular weight excluding hydrogens is 200 g/mol. The quantitative estimate of drug-likeness (QED) is 0.519. The van der Waals surface area contributed by atoms with Gasteiger partial charge in [0.2, 0.25) is 0 Å². The monoisotopic (exact) mass is 214 g/mol. The largest absolute Gasteiger partial charge is 0.514 e. The van der Waals surface area contributed by atoms with Crippen molar-refractivity contribution in [2.45, 2.75) is 4.87 Å². The van der Waals surface area contributed by atoms with Crippen molar-refractivity contribution in [3.8, 4) is 0 Å². The molecule has 0 saturated heterocycles. The van der Waals surface area contributed by atoms with Crippen molar-refractivity contribution in [1.82, 2.24) is 0 Å². The molecule has 0 aliphatic rings. The van der Waals surface area contributed by atoms with Crippen LogP contribution in [0, 0.1) is 0 Å². The van der Waals surface area contributed by atoms with E-state index in [1.54, 1.807) is 21.3 Å². The molecule has 0 aromatic carbocycles. The smallest absolute Gasteiger partial charge is 0.376 e. The van der Waals surface area contributed by atoms with Crippen LogP contribution in [0.25, 0.3) is 0 Å². The lowest BCUT2D eigenvalue weighted by molar-refractivity contribution is 0.123. The predicted molar refractivity (Wildman–Crippen MR) is 53.4 cm³/mol. The first kappa shape index (κ1) is 11.8. The van der Waals surface area contributed by atoms with E-state index in [0.29, 0.717) is 5.75 Å². The van der Waals surface area contributed by atoms with Crippen LogP contribution in [0.1, 0.15) is 0 Å². The van der Waals surface area contributed by atoms with E-state index in [-0.39, 0.29) is 4.87 Å². The predicted octanol–water partition coefficient (Wildman–Crippen LogP) is 0.632. The zero-order valence-electron chi connectivity index (χ0n) is 6.90. The van der Waals surface area contributed by atoms with Crippen molar-refractivity contribution in [2.75, 3.05) is 27.1 Å². The molecule has 0 saturated carbocycles. The Morgan fingerprint density at radius 1 is 1.18 bits per heavy atom. The SMILES string of the molecule is CO[Si](OC)(OC)C(S)CS. The Morgan fingerprint density at radius 3 is 1.64 bits per heavy atom. The van der Waals surface area contributed by atoms with E-state index in [0.717, 1.165) is 0 Å². The molecule has 0 N–H and O–H groups in total. The van der Waals surface area contributed by atoms with E-state index < -0.39 is 8.80 Å². The number of hydrogen-bond donors (Lipinski definition) is 2. The second kappa shape index (κ2) is 5.44. The van der Waals surface area contributed by atoms with E-state index in [9.17, 15) is 0 Å².